The number of nitrogens with zero attached hydrogens (tertiary/aromatic N) is 4. The number of rotatable bonds is 5. The van der Waals surface area contributed by atoms with Crippen molar-refractivity contribution in [3.8, 4) is 16.3 Å². The molecule has 0 aliphatic carbocycles. The number of carbonyl (C=O) groups is 1. The Morgan fingerprint density at radius 1 is 1.21 bits per heavy atom. The minimum absolute atomic E-state index is 0.110. The van der Waals surface area contributed by atoms with E-state index in [1.807, 2.05) is 38.1 Å². The number of benzene rings is 2. The van der Waals surface area contributed by atoms with Gasteiger partial charge in [-0.05, 0) is 49.7 Å². The molecule has 1 N–H and O–H groups in total. The van der Waals surface area contributed by atoms with E-state index in [2.05, 4.69) is 20.6 Å². The van der Waals surface area contributed by atoms with Crippen LogP contribution in [0.1, 0.15) is 11.4 Å². The van der Waals surface area contributed by atoms with Crippen molar-refractivity contribution in [2.24, 2.45) is 0 Å². The summed E-state index contributed by atoms with van der Waals surface area (Å²) in [5.74, 6) is 1.07. The zero-order valence-corrected chi connectivity index (χ0v) is 16.7. The number of halogens is 1. The van der Waals surface area contributed by atoms with Crippen LogP contribution >= 0.6 is 22.9 Å². The van der Waals surface area contributed by atoms with E-state index in [4.69, 9.17) is 16.3 Å². The molecule has 7 nitrogen and oxygen atoms in total. The zero-order chi connectivity index (χ0) is 19.7. The van der Waals surface area contributed by atoms with Crippen molar-refractivity contribution in [1.29, 1.82) is 0 Å². The molecule has 2 aromatic heterocycles. The fourth-order valence-corrected chi connectivity index (χ4v) is 3.86. The van der Waals surface area contributed by atoms with Crippen LogP contribution < -0.4 is 10.1 Å². The van der Waals surface area contributed by atoms with Crippen LogP contribution in [0, 0.1) is 13.8 Å². The second kappa shape index (κ2) is 7.57. The predicted molar refractivity (Wildman–Crippen MR) is 109 cm³/mol. The Morgan fingerprint density at radius 2 is 2.04 bits per heavy atom. The maximum atomic E-state index is 12.4. The fraction of sp³-hybridized carbons (Fsp3) is 0.158. The number of para-hydroxylation sites is 1. The molecule has 0 aliphatic rings. The number of amides is 1. The molecule has 28 heavy (non-hydrogen) atoms. The van der Waals surface area contributed by atoms with E-state index < -0.39 is 0 Å². The largest absolute Gasteiger partial charge is 0.483 e. The summed E-state index contributed by atoms with van der Waals surface area (Å²) >= 11 is 7.35. The molecule has 0 atom stereocenters. The third kappa shape index (κ3) is 3.69. The summed E-state index contributed by atoms with van der Waals surface area (Å²) in [5, 5.41) is 16.9. The lowest BCUT2D eigenvalue weighted by molar-refractivity contribution is -0.118. The van der Waals surface area contributed by atoms with E-state index in [9.17, 15) is 4.79 Å². The van der Waals surface area contributed by atoms with Crippen molar-refractivity contribution in [3.63, 3.8) is 0 Å². The minimum Gasteiger partial charge on any atom is -0.483 e. The second-order valence-corrected chi connectivity index (χ2v) is 7.53. The molecule has 1 amide bonds. The van der Waals surface area contributed by atoms with Gasteiger partial charge in [-0.15, -0.1) is 10.2 Å². The summed E-state index contributed by atoms with van der Waals surface area (Å²) in [6.45, 7) is 3.61. The third-order valence-electron chi connectivity index (χ3n) is 4.07. The van der Waals surface area contributed by atoms with Crippen LogP contribution in [0.4, 0.5) is 5.69 Å². The highest BCUT2D eigenvalue weighted by molar-refractivity contribution is 7.19. The third-order valence-corrected chi connectivity index (χ3v) is 5.24. The highest BCUT2D eigenvalue weighted by atomic mass is 35.5. The van der Waals surface area contributed by atoms with Crippen LogP contribution in [0.3, 0.4) is 0 Å². The zero-order valence-electron chi connectivity index (χ0n) is 15.1. The van der Waals surface area contributed by atoms with Gasteiger partial charge in [-0.25, -0.2) is 0 Å². The van der Waals surface area contributed by atoms with Gasteiger partial charge in [0.2, 0.25) is 4.96 Å². The minimum atomic E-state index is -0.263. The lowest BCUT2D eigenvalue weighted by atomic mass is 10.2. The maximum Gasteiger partial charge on any atom is 0.262 e. The first-order chi connectivity index (χ1) is 13.5. The Labute approximate surface area is 169 Å². The summed E-state index contributed by atoms with van der Waals surface area (Å²) in [5.41, 5.74) is 2.34. The molecule has 9 heteroatoms. The van der Waals surface area contributed by atoms with E-state index in [0.29, 0.717) is 27.2 Å². The van der Waals surface area contributed by atoms with Gasteiger partial charge in [0.15, 0.2) is 12.4 Å². The summed E-state index contributed by atoms with van der Waals surface area (Å²) in [6, 6.07) is 12.8. The van der Waals surface area contributed by atoms with Gasteiger partial charge in [-0.1, -0.05) is 35.1 Å². The summed E-state index contributed by atoms with van der Waals surface area (Å²) in [4.78, 5) is 13.1. The number of fused-ring (bicyclic) bond motifs is 1. The number of hydrogen-bond donors (Lipinski definition) is 1. The molecule has 0 bridgehead atoms. The van der Waals surface area contributed by atoms with Crippen molar-refractivity contribution < 1.29 is 9.53 Å². The quantitative estimate of drug-likeness (QED) is 0.531. The summed E-state index contributed by atoms with van der Waals surface area (Å²) in [6.07, 6.45) is 0. The molecule has 0 spiro atoms. The number of carbonyl (C=O) groups excluding carboxylic acids is 1. The van der Waals surface area contributed by atoms with Gasteiger partial charge in [0.25, 0.3) is 5.91 Å². The lowest BCUT2D eigenvalue weighted by Crippen LogP contribution is -2.20. The maximum absolute atomic E-state index is 12.4. The summed E-state index contributed by atoms with van der Waals surface area (Å²) < 4.78 is 7.30. The highest BCUT2D eigenvalue weighted by Gasteiger charge is 2.15. The van der Waals surface area contributed by atoms with Crippen LogP contribution in [-0.2, 0) is 4.79 Å². The SMILES string of the molecule is Cc1cc(Cl)ccc1OCC(=O)Nc1ccccc1-c1nn2c(C)nnc2s1. The van der Waals surface area contributed by atoms with E-state index in [-0.39, 0.29) is 12.5 Å². The van der Waals surface area contributed by atoms with E-state index >= 15 is 0 Å². The second-order valence-electron chi connectivity index (χ2n) is 6.14. The Bertz CT molecular complexity index is 1170. The topological polar surface area (TPSA) is 81.4 Å². The molecule has 0 saturated heterocycles. The molecule has 0 aliphatic heterocycles. The first-order valence-electron chi connectivity index (χ1n) is 8.48. The van der Waals surface area contributed by atoms with Gasteiger partial charge in [-0.2, -0.15) is 9.61 Å². The monoisotopic (exact) mass is 413 g/mol. The predicted octanol–water partition coefficient (Wildman–Crippen LogP) is 4.14. The van der Waals surface area contributed by atoms with Gasteiger partial charge in [0.05, 0.1) is 5.69 Å². The number of anilines is 1. The summed E-state index contributed by atoms with van der Waals surface area (Å²) in [7, 11) is 0. The number of aromatic nitrogens is 4. The van der Waals surface area contributed by atoms with Crippen LogP contribution in [-0.4, -0.2) is 32.3 Å². The van der Waals surface area contributed by atoms with Crippen molar-refractivity contribution in [3.05, 3.63) is 58.9 Å². The van der Waals surface area contributed by atoms with Crippen molar-refractivity contribution in [2.45, 2.75) is 13.8 Å². The van der Waals surface area contributed by atoms with Crippen molar-refractivity contribution in [2.75, 3.05) is 11.9 Å². The Balaban J connectivity index is 1.51. The van der Waals surface area contributed by atoms with Crippen LogP contribution in [0.2, 0.25) is 5.02 Å². The van der Waals surface area contributed by atoms with Crippen molar-refractivity contribution in [1.82, 2.24) is 19.8 Å². The van der Waals surface area contributed by atoms with Gasteiger partial charge >= 0.3 is 0 Å². The van der Waals surface area contributed by atoms with Gasteiger partial charge in [0.1, 0.15) is 10.8 Å². The van der Waals surface area contributed by atoms with Crippen LogP contribution in [0.15, 0.2) is 42.5 Å². The first-order valence-corrected chi connectivity index (χ1v) is 9.68. The first kappa shape index (κ1) is 18.4. The number of ether oxygens (including phenoxy) is 1. The van der Waals surface area contributed by atoms with E-state index in [1.165, 1.54) is 11.3 Å². The Kier molecular flexibility index (Phi) is 4.97. The molecular formula is C19H16ClN5O2S. The lowest BCUT2D eigenvalue weighted by Gasteiger charge is -2.11. The van der Waals surface area contributed by atoms with E-state index in [1.54, 1.807) is 22.7 Å². The molecule has 4 rings (SSSR count). The van der Waals surface area contributed by atoms with Crippen molar-refractivity contribution >= 4 is 39.5 Å². The number of aryl methyl sites for hydroxylation is 2. The Morgan fingerprint density at radius 3 is 2.82 bits per heavy atom. The molecule has 0 saturated carbocycles. The number of nitrogens with one attached hydrogen (secondary N) is 1. The molecule has 142 valence electrons. The Hall–Kier alpha value is -2.97. The molecule has 2 aromatic carbocycles. The average Bonchev–Trinajstić information content (AvgIpc) is 3.24. The van der Waals surface area contributed by atoms with Gasteiger partial charge in [-0.3, -0.25) is 4.79 Å². The molecule has 0 unspecified atom stereocenters. The molecule has 0 fully saturated rings. The standard InChI is InChI=1S/C19H16ClN5O2S/c1-11-9-13(20)7-8-16(11)27-10-17(26)21-15-6-4-3-5-14(15)18-24-25-12(2)22-23-19(25)28-18/h3-9H,10H2,1-2H3,(H,21,26). The molecular weight excluding hydrogens is 398 g/mol. The van der Waals surface area contributed by atoms with Crippen LogP contribution in [0.5, 0.6) is 5.75 Å². The fourth-order valence-electron chi connectivity index (χ4n) is 2.71. The van der Waals surface area contributed by atoms with Gasteiger partial charge in [0, 0.05) is 10.6 Å². The molecule has 0 radical (unpaired) electrons. The highest BCUT2D eigenvalue weighted by Crippen LogP contribution is 2.31. The van der Waals surface area contributed by atoms with E-state index in [0.717, 1.165) is 16.1 Å². The number of hydrogen-bond acceptors (Lipinski definition) is 6. The molecule has 2 heterocycles. The van der Waals surface area contributed by atoms with Crippen LogP contribution in [0.25, 0.3) is 15.5 Å². The molecule has 4 aromatic rings. The smallest absolute Gasteiger partial charge is 0.262 e. The average molecular weight is 414 g/mol. The van der Waals surface area contributed by atoms with Gasteiger partial charge < -0.3 is 10.1 Å². The normalized spacial score (nSPS) is 11.0.